The molecule has 0 bridgehead atoms. The maximum absolute atomic E-state index is 13.1. The normalized spacial score (nSPS) is 19.1. The Balaban J connectivity index is 2.19. The van der Waals surface area contributed by atoms with Crippen molar-refractivity contribution in [3.8, 4) is 0 Å². The monoisotopic (exact) mass is 249 g/mol. The van der Waals surface area contributed by atoms with E-state index in [0.29, 0.717) is 0 Å². The molecule has 100 valence electrons. The van der Waals surface area contributed by atoms with Gasteiger partial charge >= 0.3 is 0 Å². The number of nitrogens with one attached hydrogen (secondary N) is 1. The van der Waals surface area contributed by atoms with Gasteiger partial charge in [0.2, 0.25) is 0 Å². The van der Waals surface area contributed by atoms with Gasteiger partial charge in [0.1, 0.15) is 5.82 Å². The van der Waals surface area contributed by atoms with Crippen molar-refractivity contribution in [2.45, 2.75) is 57.4 Å². The second kappa shape index (κ2) is 5.00. The third-order valence-corrected chi connectivity index (χ3v) is 3.97. The highest BCUT2D eigenvalue weighted by atomic mass is 19.1. The first kappa shape index (κ1) is 13.5. The van der Waals surface area contributed by atoms with Gasteiger partial charge in [0.15, 0.2) is 0 Å². The first-order valence-electron chi connectivity index (χ1n) is 6.92. The van der Waals surface area contributed by atoms with Crippen LogP contribution >= 0.6 is 0 Å². The van der Waals surface area contributed by atoms with E-state index in [1.807, 2.05) is 12.1 Å². The van der Waals surface area contributed by atoms with Crippen LogP contribution < -0.4 is 5.32 Å². The van der Waals surface area contributed by atoms with E-state index in [2.05, 4.69) is 26.1 Å². The van der Waals surface area contributed by atoms with Crippen molar-refractivity contribution >= 4 is 0 Å². The molecule has 1 N–H and O–H groups in total. The molecule has 0 radical (unpaired) electrons. The largest absolute Gasteiger partial charge is 0.311 e. The molecule has 0 amide bonds. The average molecular weight is 249 g/mol. The van der Waals surface area contributed by atoms with Gasteiger partial charge in [-0.3, -0.25) is 0 Å². The summed E-state index contributed by atoms with van der Waals surface area (Å²) in [5.74, 6) is -0.143. The molecule has 1 aromatic carbocycles. The zero-order valence-corrected chi connectivity index (χ0v) is 11.7. The third kappa shape index (κ3) is 3.11. The molecule has 1 nitrogen and oxygen atoms in total. The van der Waals surface area contributed by atoms with E-state index >= 15 is 0 Å². The van der Waals surface area contributed by atoms with E-state index in [0.717, 1.165) is 6.54 Å². The van der Waals surface area contributed by atoms with Crippen LogP contribution in [0.4, 0.5) is 4.39 Å². The first-order valence-corrected chi connectivity index (χ1v) is 6.92. The lowest BCUT2D eigenvalue weighted by Crippen LogP contribution is -2.45. The molecular weight excluding hydrogens is 225 g/mol. The van der Waals surface area contributed by atoms with Crippen LogP contribution in [0.15, 0.2) is 24.3 Å². The molecule has 1 saturated carbocycles. The van der Waals surface area contributed by atoms with Gasteiger partial charge in [-0.25, -0.2) is 4.39 Å². The predicted octanol–water partition coefficient (Wildman–Crippen LogP) is 4.03. The quantitative estimate of drug-likeness (QED) is 0.853. The smallest absolute Gasteiger partial charge is 0.123 e. The Morgan fingerprint density at radius 3 is 2.17 bits per heavy atom. The summed E-state index contributed by atoms with van der Waals surface area (Å²) in [5, 5.41) is 3.62. The summed E-state index contributed by atoms with van der Waals surface area (Å²) in [6.07, 6.45) is 4.98. The molecular formula is C16H24FN. The van der Waals surface area contributed by atoms with Crippen molar-refractivity contribution in [3.63, 3.8) is 0 Å². The lowest BCUT2D eigenvalue weighted by molar-refractivity contribution is 0.333. The fourth-order valence-corrected chi connectivity index (χ4v) is 2.86. The van der Waals surface area contributed by atoms with Gasteiger partial charge in [-0.1, -0.05) is 25.0 Å². The van der Waals surface area contributed by atoms with Crippen LogP contribution in [0.2, 0.25) is 0 Å². The Morgan fingerprint density at radius 2 is 1.67 bits per heavy atom. The van der Waals surface area contributed by atoms with Gasteiger partial charge < -0.3 is 5.32 Å². The van der Waals surface area contributed by atoms with Crippen LogP contribution in [-0.2, 0) is 5.41 Å². The standard InChI is InChI=1S/C16H24FN/c1-15(2,3)18-12-16(10-4-5-11-16)13-6-8-14(17)9-7-13/h6-9,18H,4-5,10-12H2,1-3H3. The highest BCUT2D eigenvalue weighted by molar-refractivity contribution is 5.28. The van der Waals surface area contributed by atoms with Crippen molar-refractivity contribution in [2.75, 3.05) is 6.54 Å². The molecule has 1 aromatic rings. The zero-order chi connectivity index (χ0) is 13.2. The third-order valence-electron chi connectivity index (χ3n) is 3.97. The zero-order valence-electron chi connectivity index (χ0n) is 11.7. The predicted molar refractivity (Wildman–Crippen MR) is 74.3 cm³/mol. The minimum Gasteiger partial charge on any atom is -0.311 e. The van der Waals surface area contributed by atoms with E-state index in [-0.39, 0.29) is 16.8 Å². The molecule has 0 atom stereocenters. The molecule has 0 aromatic heterocycles. The minimum absolute atomic E-state index is 0.135. The number of hydrogen-bond acceptors (Lipinski definition) is 1. The van der Waals surface area contributed by atoms with Crippen molar-refractivity contribution in [2.24, 2.45) is 0 Å². The second-order valence-electron chi connectivity index (χ2n) is 6.60. The number of hydrogen-bond donors (Lipinski definition) is 1. The second-order valence-corrected chi connectivity index (χ2v) is 6.60. The number of rotatable bonds is 3. The fraction of sp³-hybridized carbons (Fsp3) is 0.625. The van der Waals surface area contributed by atoms with Crippen molar-refractivity contribution < 1.29 is 4.39 Å². The molecule has 1 fully saturated rings. The lowest BCUT2D eigenvalue weighted by atomic mass is 9.78. The highest BCUT2D eigenvalue weighted by Crippen LogP contribution is 2.40. The van der Waals surface area contributed by atoms with Crippen molar-refractivity contribution in [1.29, 1.82) is 0 Å². The van der Waals surface area contributed by atoms with Gasteiger partial charge in [0.25, 0.3) is 0 Å². The maximum atomic E-state index is 13.1. The molecule has 0 heterocycles. The van der Waals surface area contributed by atoms with E-state index in [1.165, 1.54) is 31.2 Å². The Morgan fingerprint density at radius 1 is 1.11 bits per heavy atom. The molecule has 0 unspecified atom stereocenters. The summed E-state index contributed by atoms with van der Waals surface area (Å²) in [6.45, 7) is 7.57. The maximum Gasteiger partial charge on any atom is 0.123 e. The van der Waals surface area contributed by atoms with Gasteiger partial charge in [-0.2, -0.15) is 0 Å². The summed E-state index contributed by atoms with van der Waals surface area (Å²) in [7, 11) is 0. The van der Waals surface area contributed by atoms with Gasteiger partial charge in [0.05, 0.1) is 0 Å². The summed E-state index contributed by atoms with van der Waals surface area (Å²) >= 11 is 0. The van der Waals surface area contributed by atoms with Crippen LogP contribution in [0.1, 0.15) is 52.0 Å². The topological polar surface area (TPSA) is 12.0 Å². The number of halogens is 1. The Kier molecular flexibility index (Phi) is 3.76. The molecule has 0 saturated heterocycles. The van der Waals surface area contributed by atoms with E-state index in [4.69, 9.17) is 0 Å². The van der Waals surface area contributed by atoms with Crippen LogP contribution in [-0.4, -0.2) is 12.1 Å². The van der Waals surface area contributed by atoms with E-state index in [1.54, 1.807) is 12.1 Å². The Labute approximate surface area is 110 Å². The first-order chi connectivity index (χ1) is 8.41. The van der Waals surface area contributed by atoms with Gasteiger partial charge in [-0.05, 0) is 51.3 Å². The highest BCUT2D eigenvalue weighted by Gasteiger charge is 2.36. The summed E-state index contributed by atoms with van der Waals surface area (Å²) in [4.78, 5) is 0. The lowest BCUT2D eigenvalue weighted by Gasteiger charge is -2.34. The van der Waals surface area contributed by atoms with Crippen molar-refractivity contribution in [1.82, 2.24) is 5.32 Å². The fourth-order valence-electron chi connectivity index (χ4n) is 2.86. The van der Waals surface area contributed by atoms with Crippen LogP contribution in [0.5, 0.6) is 0 Å². The molecule has 2 heteroatoms. The van der Waals surface area contributed by atoms with Crippen LogP contribution in [0.25, 0.3) is 0 Å². The molecule has 18 heavy (non-hydrogen) atoms. The molecule has 2 rings (SSSR count). The molecule has 0 aliphatic heterocycles. The Bertz CT molecular complexity index is 383. The average Bonchev–Trinajstić information content (AvgIpc) is 2.76. The molecule has 0 spiro atoms. The molecule has 1 aliphatic carbocycles. The molecule has 1 aliphatic rings. The van der Waals surface area contributed by atoms with Crippen LogP contribution in [0.3, 0.4) is 0 Å². The summed E-state index contributed by atoms with van der Waals surface area (Å²) in [5.41, 5.74) is 1.63. The minimum atomic E-state index is -0.143. The Hall–Kier alpha value is -0.890. The van der Waals surface area contributed by atoms with E-state index in [9.17, 15) is 4.39 Å². The van der Waals surface area contributed by atoms with E-state index < -0.39 is 0 Å². The summed E-state index contributed by atoms with van der Waals surface area (Å²) in [6, 6.07) is 7.11. The van der Waals surface area contributed by atoms with Crippen molar-refractivity contribution in [3.05, 3.63) is 35.6 Å². The summed E-state index contributed by atoms with van der Waals surface area (Å²) < 4.78 is 13.1. The van der Waals surface area contributed by atoms with Gasteiger partial charge in [0, 0.05) is 17.5 Å². The van der Waals surface area contributed by atoms with Crippen LogP contribution in [0, 0.1) is 5.82 Å². The van der Waals surface area contributed by atoms with Gasteiger partial charge in [-0.15, -0.1) is 0 Å². The SMILES string of the molecule is CC(C)(C)NCC1(c2ccc(F)cc2)CCCC1. The number of benzene rings is 1.